The Labute approximate surface area is 130 Å². The molecule has 0 bridgehead atoms. The average Bonchev–Trinajstić information content (AvgIpc) is 2.82. The summed E-state index contributed by atoms with van der Waals surface area (Å²) in [6.07, 6.45) is 0. The molecule has 0 aliphatic carbocycles. The fourth-order valence-electron chi connectivity index (χ4n) is 1.81. The van der Waals surface area contributed by atoms with Crippen LogP contribution < -0.4 is 4.74 Å². The minimum Gasteiger partial charge on any atom is -0.465 e. The summed E-state index contributed by atoms with van der Waals surface area (Å²) >= 11 is 6.90. The Hall–Kier alpha value is -2.10. The van der Waals surface area contributed by atoms with Crippen LogP contribution in [0.5, 0.6) is 10.9 Å². The first kappa shape index (κ1) is 15.3. The van der Waals surface area contributed by atoms with Crippen molar-refractivity contribution in [2.45, 2.75) is 13.8 Å². The highest BCUT2D eigenvalue weighted by molar-refractivity contribution is 7.15. The van der Waals surface area contributed by atoms with Gasteiger partial charge in [-0.25, -0.2) is 4.79 Å². The minimum atomic E-state index is -0.555. The fraction of sp³-hybridized carbons (Fsp3) is 0.214. The predicted octanol–water partition coefficient (Wildman–Crippen LogP) is 3.86. The third-order valence-corrected chi connectivity index (χ3v) is 4.01. The van der Waals surface area contributed by atoms with Gasteiger partial charge in [0, 0.05) is 0 Å². The molecule has 0 fully saturated rings. The summed E-state index contributed by atoms with van der Waals surface area (Å²) in [4.78, 5) is 15.7. The van der Waals surface area contributed by atoms with Crippen LogP contribution in [0.15, 0.2) is 12.1 Å². The van der Waals surface area contributed by atoms with Gasteiger partial charge in [0.1, 0.15) is 5.75 Å². The molecule has 0 unspecified atom stereocenters. The number of carbonyl (C=O) groups is 1. The van der Waals surface area contributed by atoms with E-state index in [1.807, 2.05) is 13.8 Å². The second kappa shape index (κ2) is 6.12. The lowest BCUT2D eigenvalue weighted by Gasteiger charge is -2.09. The normalized spacial score (nSPS) is 10.0. The number of carbonyl (C=O) groups excluding carboxylic acids is 1. The van der Waals surface area contributed by atoms with Crippen LogP contribution in [0.3, 0.4) is 0 Å². The van der Waals surface area contributed by atoms with Crippen LogP contribution in [-0.2, 0) is 4.74 Å². The summed E-state index contributed by atoms with van der Waals surface area (Å²) in [6.45, 7) is 3.67. The van der Waals surface area contributed by atoms with Gasteiger partial charge in [0.25, 0.3) is 5.19 Å². The number of aromatic nitrogens is 1. The highest BCUT2D eigenvalue weighted by Crippen LogP contribution is 2.35. The number of nitriles is 1. The van der Waals surface area contributed by atoms with E-state index in [9.17, 15) is 4.79 Å². The molecular formula is C14H11ClN2O3S. The summed E-state index contributed by atoms with van der Waals surface area (Å²) in [7, 11) is 1.27. The first-order chi connectivity index (χ1) is 9.96. The van der Waals surface area contributed by atoms with E-state index >= 15 is 0 Å². The van der Waals surface area contributed by atoms with E-state index < -0.39 is 5.97 Å². The van der Waals surface area contributed by atoms with E-state index in [1.165, 1.54) is 7.11 Å². The van der Waals surface area contributed by atoms with Gasteiger partial charge in [0.2, 0.25) is 0 Å². The molecule has 0 N–H and O–H groups in total. The lowest BCUT2D eigenvalue weighted by Crippen LogP contribution is -1.98. The van der Waals surface area contributed by atoms with Crippen molar-refractivity contribution in [3.8, 4) is 17.0 Å². The van der Waals surface area contributed by atoms with Gasteiger partial charge in [-0.2, -0.15) is 10.2 Å². The van der Waals surface area contributed by atoms with Gasteiger partial charge in [-0.15, -0.1) is 0 Å². The molecular weight excluding hydrogens is 312 g/mol. The maximum atomic E-state index is 11.5. The summed E-state index contributed by atoms with van der Waals surface area (Å²) in [5.74, 6) is 0.0384. The molecule has 1 aromatic carbocycles. The number of benzene rings is 1. The summed E-state index contributed by atoms with van der Waals surface area (Å²) in [6, 6.07) is 5.53. The lowest BCUT2D eigenvalue weighted by molar-refractivity contribution is 0.0606. The maximum Gasteiger partial charge on any atom is 0.351 e. The first-order valence-electron chi connectivity index (χ1n) is 5.90. The van der Waals surface area contributed by atoms with Gasteiger partial charge in [-0.3, -0.25) is 0 Å². The first-order valence-corrected chi connectivity index (χ1v) is 7.09. The number of thiazole rings is 1. The van der Waals surface area contributed by atoms with Gasteiger partial charge in [0.05, 0.1) is 18.7 Å². The number of nitrogens with zero attached hydrogens (tertiary/aromatic N) is 2. The lowest BCUT2D eigenvalue weighted by atomic mass is 10.1. The molecule has 1 heterocycles. The number of hydrogen-bond acceptors (Lipinski definition) is 6. The summed E-state index contributed by atoms with van der Waals surface area (Å²) in [5, 5.41) is 9.22. The number of rotatable bonds is 3. The molecule has 7 heteroatoms. The van der Waals surface area contributed by atoms with Crippen molar-refractivity contribution < 1.29 is 14.3 Å². The second-order valence-corrected chi connectivity index (χ2v) is 5.56. The third-order valence-electron chi connectivity index (χ3n) is 2.72. The number of ether oxygens (including phenoxy) is 2. The third kappa shape index (κ3) is 3.15. The van der Waals surface area contributed by atoms with Gasteiger partial charge in [-0.1, -0.05) is 22.9 Å². The van der Waals surface area contributed by atoms with Crippen LogP contribution >= 0.6 is 22.9 Å². The minimum absolute atomic E-state index is 0.0470. The molecule has 108 valence electrons. The quantitative estimate of drug-likeness (QED) is 0.802. The van der Waals surface area contributed by atoms with Crippen molar-refractivity contribution in [1.29, 1.82) is 5.26 Å². The van der Waals surface area contributed by atoms with Crippen molar-refractivity contribution in [2.75, 3.05) is 7.11 Å². The van der Waals surface area contributed by atoms with E-state index in [0.717, 1.165) is 22.5 Å². The zero-order valence-electron chi connectivity index (χ0n) is 11.6. The van der Waals surface area contributed by atoms with E-state index in [-0.39, 0.29) is 15.2 Å². The van der Waals surface area contributed by atoms with Crippen LogP contribution in [0, 0.1) is 25.2 Å². The van der Waals surface area contributed by atoms with Gasteiger partial charge in [-0.05, 0) is 37.1 Å². The standard InChI is InChI=1S/C14H11ClN2O3S/c1-7-4-9(6-16)5-8(2)10(7)20-14-17-12(15)11(21-14)13(18)19-3/h4-5H,1-3H3. The average molecular weight is 323 g/mol. The van der Waals surface area contributed by atoms with Crippen LogP contribution in [-0.4, -0.2) is 18.1 Å². The number of hydrogen-bond donors (Lipinski definition) is 0. The van der Waals surface area contributed by atoms with Crippen LogP contribution in [0.25, 0.3) is 0 Å². The zero-order chi connectivity index (χ0) is 15.6. The van der Waals surface area contributed by atoms with Crippen molar-refractivity contribution in [1.82, 2.24) is 4.98 Å². The van der Waals surface area contributed by atoms with E-state index in [0.29, 0.717) is 11.3 Å². The van der Waals surface area contributed by atoms with Crippen LogP contribution in [0.1, 0.15) is 26.4 Å². The largest absolute Gasteiger partial charge is 0.465 e. The van der Waals surface area contributed by atoms with Crippen molar-refractivity contribution in [3.63, 3.8) is 0 Å². The Morgan fingerprint density at radius 3 is 2.52 bits per heavy atom. The zero-order valence-corrected chi connectivity index (χ0v) is 13.1. The molecule has 2 aromatic rings. The van der Waals surface area contributed by atoms with Gasteiger partial charge in [0.15, 0.2) is 10.0 Å². The molecule has 0 aliphatic heterocycles. The molecule has 0 radical (unpaired) electrons. The Balaban J connectivity index is 2.36. The smallest absolute Gasteiger partial charge is 0.351 e. The molecule has 1 aromatic heterocycles. The SMILES string of the molecule is COC(=O)c1sc(Oc2c(C)cc(C#N)cc2C)nc1Cl. The fourth-order valence-corrected chi connectivity index (χ4v) is 2.86. The molecule has 0 aliphatic rings. The number of aryl methyl sites for hydroxylation is 2. The summed E-state index contributed by atoms with van der Waals surface area (Å²) < 4.78 is 10.3. The number of esters is 1. The Morgan fingerprint density at radius 1 is 1.38 bits per heavy atom. The van der Waals surface area contributed by atoms with Crippen molar-refractivity contribution >= 4 is 28.9 Å². The van der Waals surface area contributed by atoms with Crippen molar-refractivity contribution in [3.05, 3.63) is 38.9 Å². The molecule has 0 saturated carbocycles. The van der Waals surface area contributed by atoms with Gasteiger partial charge < -0.3 is 9.47 Å². The van der Waals surface area contributed by atoms with Crippen molar-refractivity contribution in [2.24, 2.45) is 0 Å². The summed E-state index contributed by atoms with van der Waals surface area (Å²) in [5.41, 5.74) is 2.17. The molecule has 0 atom stereocenters. The Kier molecular flexibility index (Phi) is 4.46. The molecule has 5 nitrogen and oxygen atoms in total. The number of halogens is 1. The van der Waals surface area contributed by atoms with E-state index in [4.69, 9.17) is 21.6 Å². The molecule has 0 spiro atoms. The Bertz CT molecular complexity index is 726. The van der Waals surface area contributed by atoms with E-state index in [2.05, 4.69) is 15.8 Å². The number of methoxy groups -OCH3 is 1. The maximum absolute atomic E-state index is 11.5. The topological polar surface area (TPSA) is 72.2 Å². The molecule has 2 rings (SSSR count). The van der Waals surface area contributed by atoms with Gasteiger partial charge >= 0.3 is 5.97 Å². The Morgan fingerprint density at radius 2 is 2.00 bits per heavy atom. The van der Waals surface area contributed by atoms with Crippen LogP contribution in [0.2, 0.25) is 5.15 Å². The highest BCUT2D eigenvalue weighted by atomic mass is 35.5. The predicted molar refractivity (Wildman–Crippen MR) is 79.2 cm³/mol. The highest BCUT2D eigenvalue weighted by Gasteiger charge is 2.19. The second-order valence-electron chi connectivity index (χ2n) is 4.24. The molecule has 21 heavy (non-hydrogen) atoms. The molecule has 0 saturated heterocycles. The van der Waals surface area contributed by atoms with E-state index in [1.54, 1.807) is 12.1 Å². The monoisotopic (exact) mass is 322 g/mol. The molecule has 0 amide bonds. The van der Waals surface area contributed by atoms with Crippen LogP contribution in [0.4, 0.5) is 0 Å².